The molecule has 1 heterocycles. The van der Waals surface area contributed by atoms with Gasteiger partial charge in [0.2, 0.25) is 0 Å². The minimum Gasteiger partial charge on any atom is -0.472 e. The first-order valence-corrected chi connectivity index (χ1v) is 11.2. The number of hydrogen-bond donors (Lipinski definition) is 1. The normalized spacial score (nSPS) is 34.6. The van der Waals surface area contributed by atoms with Gasteiger partial charge in [-0.1, -0.05) is 39.3 Å². The molecule has 0 spiro atoms. The van der Waals surface area contributed by atoms with Crippen molar-refractivity contribution in [2.24, 2.45) is 28.6 Å². The zero-order valence-electron chi connectivity index (χ0n) is 18.7. The van der Waals surface area contributed by atoms with Crippen LogP contribution in [0.2, 0.25) is 0 Å². The smallest absolute Gasteiger partial charge is 0.306 e. The van der Waals surface area contributed by atoms with Crippen LogP contribution in [0.5, 0.6) is 0 Å². The van der Waals surface area contributed by atoms with Gasteiger partial charge >= 0.3 is 5.97 Å². The second kappa shape index (κ2) is 8.67. The molecule has 162 valence electrons. The summed E-state index contributed by atoms with van der Waals surface area (Å²) in [6.07, 6.45) is 10.8. The van der Waals surface area contributed by atoms with Gasteiger partial charge in [0.1, 0.15) is 0 Å². The summed E-state index contributed by atoms with van der Waals surface area (Å²) in [5, 5.41) is 10.9. The lowest BCUT2D eigenvalue weighted by molar-refractivity contribution is -0.158. The summed E-state index contributed by atoms with van der Waals surface area (Å²) in [7, 11) is 0. The van der Waals surface area contributed by atoms with Crippen molar-refractivity contribution in [3.8, 4) is 0 Å². The van der Waals surface area contributed by atoms with Crippen LogP contribution >= 0.6 is 0 Å². The molecule has 0 aliphatic heterocycles. The van der Waals surface area contributed by atoms with Crippen LogP contribution in [0.1, 0.15) is 72.3 Å². The van der Waals surface area contributed by atoms with Crippen LogP contribution < -0.4 is 0 Å². The molecule has 1 fully saturated rings. The zero-order chi connectivity index (χ0) is 21.2. The Labute approximate surface area is 175 Å². The Morgan fingerprint density at radius 2 is 2.10 bits per heavy atom. The lowest BCUT2D eigenvalue weighted by atomic mass is 9.47. The van der Waals surface area contributed by atoms with Crippen LogP contribution in [-0.2, 0) is 16.0 Å². The molecule has 1 aromatic rings. The van der Waals surface area contributed by atoms with Crippen LogP contribution in [0.3, 0.4) is 0 Å². The lowest BCUT2D eigenvalue weighted by Crippen LogP contribution is -2.55. The van der Waals surface area contributed by atoms with Crippen LogP contribution in [0.25, 0.3) is 0 Å². The highest BCUT2D eigenvalue weighted by molar-refractivity contribution is 5.69. The fourth-order valence-electron chi connectivity index (χ4n) is 5.87. The Balaban J connectivity index is 1.79. The minimum atomic E-state index is -0.409. The van der Waals surface area contributed by atoms with E-state index in [1.54, 1.807) is 6.26 Å². The number of carbonyl (C=O) groups is 1. The van der Waals surface area contributed by atoms with Crippen molar-refractivity contribution < 1.29 is 19.1 Å². The Morgan fingerprint density at radius 3 is 2.76 bits per heavy atom. The van der Waals surface area contributed by atoms with E-state index in [4.69, 9.17) is 9.15 Å². The summed E-state index contributed by atoms with van der Waals surface area (Å²) in [6.45, 7) is 11.3. The van der Waals surface area contributed by atoms with Crippen LogP contribution in [-0.4, -0.2) is 23.8 Å². The van der Waals surface area contributed by atoms with Crippen molar-refractivity contribution >= 4 is 5.97 Å². The molecule has 2 aliphatic carbocycles. The maximum atomic E-state index is 12.2. The predicted molar refractivity (Wildman–Crippen MR) is 114 cm³/mol. The first-order valence-electron chi connectivity index (χ1n) is 11.2. The van der Waals surface area contributed by atoms with Crippen LogP contribution in [0.15, 0.2) is 34.7 Å². The number of furan rings is 1. The average molecular weight is 403 g/mol. The number of fused-ring (bicyclic) bond motifs is 1. The number of rotatable bonds is 7. The maximum Gasteiger partial charge on any atom is 0.306 e. The van der Waals surface area contributed by atoms with Crippen molar-refractivity contribution in [2.45, 2.75) is 79.2 Å². The molecule has 0 radical (unpaired) electrons. The zero-order valence-corrected chi connectivity index (χ0v) is 18.7. The predicted octanol–water partition coefficient (Wildman–Crippen LogP) is 5.55. The van der Waals surface area contributed by atoms with E-state index in [9.17, 15) is 9.90 Å². The second-order valence-electron chi connectivity index (χ2n) is 10.2. The highest BCUT2D eigenvalue weighted by atomic mass is 16.5. The molecule has 4 heteroatoms. The number of carbonyl (C=O) groups excluding carboxylic acids is 1. The molecule has 1 saturated carbocycles. The van der Waals surface area contributed by atoms with Crippen LogP contribution in [0, 0.1) is 28.6 Å². The van der Waals surface area contributed by atoms with Gasteiger partial charge in [0.05, 0.1) is 25.2 Å². The quantitative estimate of drug-likeness (QED) is 0.480. The highest BCUT2D eigenvalue weighted by Gasteiger charge is 2.56. The van der Waals surface area contributed by atoms with Gasteiger partial charge in [-0.3, -0.25) is 4.79 Å². The third kappa shape index (κ3) is 4.47. The topological polar surface area (TPSA) is 59.7 Å². The van der Waals surface area contributed by atoms with Gasteiger partial charge in [0.25, 0.3) is 0 Å². The number of aryl methyl sites for hydroxylation is 1. The molecule has 1 N–H and O–H groups in total. The molecule has 0 aromatic carbocycles. The minimum absolute atomic E-state index is 0.0186. The molecule has 0 saturated heterocycles. The van der Waals surface area contributed by atoms with E-state index in [1.165, 1.54) is 11.1 Å². The van der Waals surface area contributed by atoms with Gasteiger partial charge in [-0.05, 0) is 73.3 Å². The van der Waals surface area contributed by atoms with E-state index in [0.717, 1.165) is 32.1 Å². The molecule has 4 nitrogen and oxygen atoms in total. The average Bonchev–Trinajstić information content (AvgIpc) is 3.16. The van der Waals surface area contributed by atoms with Gasteiger partial charge in [-0.25, -0.2) is 0 Å². The van der Waals surface area contributed by atoms with E-state index >= 15 is 0 Å². The van der Waals surface area contributed by atoms with Crippen molar-refractivity contribution in [2.75, 3.05) is 6.61 Å². The first kappa shape index (κ1) is 22.1. The fourth-order valence-corrected chi connectivity index (χ4v) is 5.87. The van der Waals surface area contributed by atoms with E-state index in [1.807, 2.05) is 26.2 Å². The van der Waals surface area contributed by atoms with Crippen molar-refractivity contribution in [3.63, 3.8) is 0 Å². The highest BCUT2D eigenvalue weighted by Crippen LogP contribution is 2.61. The molecule has 1 unspecified atom stereocenters. The summed E-state index contributed by atoms with van der Waals surface area (Å²) in [6, 6.07) is 2.05. The van der Waals surface area contributed by atoms with Crippen molar-refractivity contribution in [3.05, 3.63) is 35.8 Å². The molecule has 1 aromatic heterocycles. The number of allylic oxidation sites excluding steroid dienone is 2. The van der Waals surface area contributed by atoms with Crippen molar-refractivity contribution in [1.82, 2.24) is 0 Å². The standard InChI is InChI=1S/C25H38O4/c1-17(2)14-23(27)29-16-20-21(26)6-7-22-24(4,12-9-19-10-13-28-15-19)18(3)8-11-25(20,22)5/h8,10,13,15,17,20-22,26H,6-7,9,11-12,14,16H2,1-5H3/t20-,21-,22+,24?,25+/m1/s1. The number of aliphatic hydroxyl groups is 1. The van der Waals surface area contributed by atoms with E-state index in [-0.39, 0.29) is 28.6 Å². The second-order valence-corrected chi connectivity index (χ2v) is 10.2. The Bertz CT molecular complexity index is 719. The Kier molecular flexibility index (Phi) is 6.62. The summed E-state index contributed by atoms with van der Waals surface area (Å²) >= 11 is 0. The molecular formula is C25H38O4. The molecular weight excluding hydrogens is 364 g/mol. The maximum absolute atomic E-state index is 12.2. The summed E-state index contributed by atoms with van der Waals surface area (Å²) in [4.78, 5) is 12.2. The van der Waals surface area contributed by atoms with Gasteiger partial charge in [0.15, 0.2) is 0 Å². The summed E-state index contributed by atoms with van der Waals surface area (Å²) < 4.78 is 10.9. The van der Waals surface area contributed by atoms with Crippen LogP contribution in [0.4, 0.5) is 0 Å². The molecule has 0 bridgehead atoms. The largest absolute Gasteiger partial charge is 0.472 e. The summed E-state index contributed by atoms with van der Waals surface area (Å²) in [5.41, 5.74) is 2.70. The van der Waals surface area contributed by atoms with E-state index < -0.39 is 6.10 Å². The van der Waals surface area contributed by atoms with Gasteiger partial charge in [-0.2, -0.15) is 0 Å². The lowest BCUT2D eigenvalue weighted by Gasteiger charge is -2.58. The molecule has 29 heavy (non-hydrogen) atoms. The Morgan fingerprint density at radius 1 is 1.34 bits per heavy atom. The molecule has 3 rings (SSSR count). The first-order chi connectivity index (χ1) is 13.7. The number of ether oxygens (including phenoxy) is 1. The summed E-state index contributed by atoms with van der Waals surface area (Å²) in [5.74, 6) is 0.579. The van der Waals surface area contributed by atoms with Gasteiger partial charge in [0, 0.05) is 12.3 Å². The van der Waals surface area contributed by atoms with Crippen molar-refractivity contribution in [1.29, 1.82) is 0 Å². The number of hydrogen-bond acceptors (Lipinski definition) is 4. The molecule has 5 atom stereocenters. The van der Waals surface area contributed by atoms with E-state index in [0.29, 0.717) is 18.9 Å². The Hall–Kier alpha value is -1.55. The SMILES string of the molecule is CC1=CC[C@@]2(C)[C@H](COC(=O)CC(C)C)[C@H](O)CC[C@H]2C1(C)CCc1ccoc1. The third-order valence-electron chi connectivity index (χ3n) is 7.89. The van der Waals surface area contributed by atoms with Gasteiger partial charge < -0.3 is 14.3 Å². The number of esters is 1. The third-order valence-corrected chi connectivity index (χ3v) is 7.89. The molecule has 0 amide bonds. The van der Waals surface area contributed by atoms with E-state index in [2.05, 4.69) is 26.8 Å². The monoisotopic (exact) mass is 402 g/mol. The number of aliphatic hydroxyl groups excluding tert-OH is 1. The fraction of sp³-hybridized carbons (Fsp3) is 0.720. The van der Waals surface area contributed by atoms with Gasteiger partial charge in [-0.15, -0.1) is 0 Å². The molecule has 2 aliphatic rings.